The number of benzene rings is 1. The molecule has 0 aromatic heterocycles. The normalized spacial score (nSPS) is 28.2. The number of nitrogens with one attached hydrogen (secondary N) is 1. The van der Waals surface area contributed by atoms with E-state index in [0.29, 0.717) is 12.1 Å². The second-order valence-electron chi connectivity index (χ2n) is 8.45. The highest BCUT2D eigenvalue weighted by atomic mass is 16.5. The van der Waals surface area contributed by atoms with Gasteiger partial charge in [0.2, 0.25) is 0 Å². The predicted octanol–water partition coefficient (Wildman–Crippen LogP) is 2.67. The van der Waals surface area contributed by atoms with Gasteiger partial charge >= 0.3 is 6.03 Å². The number of fused-ring (bicyclic) bond motifs is 2. The molecule has 2 amide bonds. The first kappa shape index (κ1) is 16.6. The van der Waals surface area contributed by atoms with Gasteiger partial charge in [-0.05, 0) is 43.2 Å². The summed E-state index contributed by atoms with van der Waals surface area (Å²) in [7, 11) is 0. The van der Waals surface area contributed by atoms with Gasteiger partial charge in [-0.25, -0.2) is 4.79 Å². The molecule has 1 aromatic carbocycles. The maximum atomic E-state index is 12.4. The molecule has 0 unspecified atom stereocenters. The molecule has 0 radical (unpaired) electrons. The third kappa shape index (κ3) is 2.91. The lowest BCUT2D eigenvalue weighted by atomic mass is 9.73. The Balaban J connectivity index is 1.33. The van der Waals surface area contributed by atoms with Crippen LogP contribution in [0.2, 0.25) is 0 Å². The molecule has 5 rings (SSSR count). The second-order valence-corrected chi connectivity index (χ2v) is 8.45. The van der Waals surface area contributed by atoms with Gasteiger partial charge in [0, 0.05) is 43.7 Å². The van der Waals surface area contributed by atoms with Gasteiger partial charge < -0.3 is 15.0 Å². The zero-order valence-corrected chi connectivity index (χ0v) is 15.5. The molecule has 1 spiro atoms. The van der Waals surface area contributed by atoms with E-state index in [9.17, 15) is 4.79 Å². The summed E-state index contributed by atoms with van der Waals surface area (Å²) in [6, 6.07) is 10.2. The Kier molecular flexibility index (Phi) is 4.17. The van der Waals surface area contributed by atoms with Crippen LogP contribution in [0.1, 0.15) is 49.3 Å². The number of nitrogens with zero attached hydrogens (tertiary/aromatic N) is 2. The Hall–Kier alpha value is -1.59. The molecule has 5 heteroatoms. The topological polar surface area (TPSA) is 44.8 Å². The van der Waals surface area contributed by atoms with Crippen LogP contribution in [0.4, 0.5) is 4.79 Å². The molecule has 1 atom stereocenters. The number of hydrogen-bond donors (Lipinski definition) is 1. The zero-order valence-electron chi connectivity index (χ0n) is 15.5. The van der Waals surface area contributed by atoms with Crippen molar-refractivity contribution in [3.63, 3.8) is 0 Å². The average Bonchev–Trinajstić information content (AvgIpc) is 3.46. The highest BCUT2D eigenvalue weighted by Crippen LogP contribution is 2.52. The number of morpholine rings is 1. The second kappa shape index (κ2) is 6.54. The number of likely N-dealkylation sites (tertiary alicyclic amines) is 1. The van der Waals surface area contributed by atoms with Gasteiger partial charge in [0.15, 0.2) is 0 Å². The lowest BCUT2D eigenvalue weighted by Crippen LogP contribution is -2.49. The minimum Gasteiger partial charge on any atom is -0.379 e. The SMILES string of the molecule is O=C(NC1CC1)N1CCC2(CC1)C[C@H](N1CCOCC1)c1ccccc12. The Morgan fingerprint density at radius 1 is 1.08 bits per heavy atom. The van der Waals surface area contributed by atoms with Crippen molar-refractivity contribution in [2.45, 2.75) is 49.6 Å². The third-order valence-corrected chi connectivity index (χ3v) is 6.87. The van der Waals surface area contributed by atoms with Crippen molar-refractivity contribution in [1.82, 2.24) is 15.1 Å². The minimum absolute atomic E-state index is 0.151. The summed E-state index contributed by atoms with van der Waals surface area (Å²) < 4.78 is 5.57. The number of urea groups is 1. The van der Waals surface area contributed by atoms with E-state index >= 15 is 0 Å². The van der Waals surface area contributed by atoms with Crippen molar-refractivity contribution in [1.29, 1.82) is 0 Å². The summed E-state index contributed by atoms with van der Waals surface area (Å²) in [5, 5.41) is 3.15. The largest absolute Gasteiger partial charge is 0.379 e. The van der Waals surface area contributed by atoms with E-state index in [2.05, 4.69) is 34.5 Å². The highest BCUT2D eigenvalue weighted by Gasteiger charge is 2.47. The van der Waals surface area contributed by atoms with E-state index in [1.807, 2.05) is 4.90 Å². The monoisotopic (exact) mass is 355 g/mol. The minimum atomic E-state index is 0.151. The van der Waals surface area contributed by atoms with Gasteiger partial charge in [-0.2, -0.15) is 0 Å². The van der Waals surface area contributed by atoms with Crippen LogP contribution in [0.15, 0.2) is 24.3 Å². The standard InChI is InChI=1S/C21H29N3O2/c25-20(22-16-5-6-16)24-9-7-21(8-10-24)15-19(23-11-13-26-14-12-23)17-3-1-2-4-18(17)21/h1-4,16,19H,5-15H2,(H,22,25)/t19-/m0/s1. The molecule has 5 nitrogen and oxygen atoms in total. The van der Waals surface area contributed by atoms with E-state index < -0.39 is 0 Å². The number of carbonyl (C=O) groups is 1. The molecule has 2 heterocycles. The summed E-state index contributed by atoms with van der Waals surface area (Å²) in [5.74, 6) is 0. The van der Waals surface area contributed by atoms with E-state index in [4.69, 9.17) is 4.74 Å². The van der Waals surface area contributed by atoms with Crippen molar-refractivity contribution < 1.29 is 9.53 Å². The van der Waals surface area contributed by atoms with Gasteiger partial charge in [-0.1, -0.05) is 24.3 Å². The van der Waals surface area contributed by atoms with Crippen molar-refractivity contribution >= 4 is 6.03 Å². The third-order valence-electron chi connectivity index (χ3n) is 6.87. The average molecular weight is 355 g/mol. The molecule has 1 aromatic rings. The molecular formula is C21H29N3O2. The molecule has 1 N–H and O–H groups in total. The van der Waals surface area contributed by atoms with E-state index in [1.165, 1.54) is 12.0 Å². The van der Waals surface area contributed by atoms with Crippen LogP contribution < -0.4 is 5.32 Å². The highest BCUT2D eigenvalue weighted by molar-refractivity contribution is 5.75. The van der Waals surface area contributed by atoms with Crippen LogP contribution in [0.25, 0.3) is 0 Å². The Bertz CT molecular complexity index is 674. The van der Waals surface area contributed by atoms with Crippen LogP contribution in [-0.2, 0) is 10.2 Å². The molecule has 2 aliphatic heterocycles. The fourth-order valence-electron chi connectivity index (χ4n) is 5.18. The van der Waals surface area contributed by atoms with Crippen molar-refractivity contribution in [3.05, 3.63) is 35.4 Å². The van der Waals surface area contributed by atoms with Gasteiger partial charge in [0.1, 0.15) is 0 Å². The van der Waals surface area contributed by atoms with Crippen molar-refractivity contribution in [3.8, 4) is 0 Å². The number of rotatable bonds is 2. The molecule has 2 saturated heterocycles. The summed E-state index contributed by atoms with van der Waals surface area (Å²) in [6.45, 7) is 5.52. The van der Waals surface area contributed by atoms with E-state index in [-0.39, 0.29) is 11.4 Å². The number of carbonyl (C=O) groups excluding carboxylic acids is 1. The lowest BCUT2D eigenvalue weighted by Gasteiger charge is -2.41. The van der Waals surface area contributed by atoms with Crippen LogP contribution in [0, 0.1) is 0 Å². The molecule has 1 saturated carbocycles. The van der Waals surface area contributed by atoms with Crippen molar-refractivity contribution in [2.75, 3.05) is 39.4 Å². The number of piperidine rings is 1. The first-order valence-corrected chi connectivity index (χ1v) is 10.2. The summed E-state index contributed by atoms with van der Waals surface area (Å²) in [6.07, 6.45) is 5.67. The fraction of sp³-hybridized carbons (Fsp3) is 0.667. The number of hydrogen-bond acceptors (Lipinski definition) is 3. The predicted molar refractivity (Wildman–Crippen MR) is 100 cm³/mol. The Morgan fingerprint density at radius 2 is 1.81 bits per heavy atom. The van der Waals surface area contributed by atoms with Crippen LogP contribution in [0.5, 0.6) is 0 Å². The molecule has 3 fully saturated rings. The maximum Gasteiger partial charge on any atom is 0.317 e. The van der Waals surface area contributed by atoms with Gasteiger partial charge in [0.05, 0.1) is 13.2 Å². The Labute approximate surface area is 155 Å². The molecule has 4 aliphatic rings. The number of amides is 2. The smallest absolute Gasteiger partial charge is 0.317 e. The van der Waals surface area contributed by atoms with Crippen LogP contribution in [0.3, 0.4) is 0 Å². The Morgan fingerprint density at radius 3 is 2.54 bits per heavy atom. The molecule has 26 heavy (non-hydrogen) atoms. The first-order valence-electron chi connectivity index (χ1n) is 10.2. The molecule has 0 bridgehead atoms. The lowest BCUT2D eigenvalue weighted by molar-refractivity contribution is 0.0110. The molecular weight excluding hydrogens is 326 g/mol. The summed E-state index contributed by atoms with van der Waals surface area (Å²) >= 11 is 0. The maximum absolute atomic E-state index is 12.4. The molecule has 140 valence electrons. The summed E-state index contributed by atoms with van der Waals surface area (Å²) in [5.41, 5.74) is 3.31. The van der Waals surface area contributed by atoms with Crippen molar-refractivity contribution in [2.24, 2.45) is 0 Å². The van der Waals surface area contributed by atoms with Crippen LogP contribution >= 0.6 is 0 Å². The van der Waals surface area contributed by atoms with Gasteiger partial charge in [0.25, 0.3) is 0 Å². The quantitative estimate of drug-likeness (QED) is 0.887. The van der Waals surface area contributed by atoms with E-state index in [0.717, 1.165) is 65.1 Å². The summed E-state index contributed by atoms with van der Waals surface area (Å²) in [4.78, 5) is 17.1. The van der Waals surface area contributed by atoms with E-state index in [1.54, 1.807) is 5.56 Å². The van der Waals surface area contributed by atoms with Gasteiger partial charge in [-0.15, -0.1) is 0 Å². The van der Waals surface area contributed by atoms with Crippen LogP contribution in [-0.4, -0.2) is 61.3 Å². The fourth-order valence-corrected chi connectivity index (χ4v) is 5.18. The van der Waals surface area contributed by atoms with Gasteiger partial charge in [-0.3, -0.25) is 4.90 Å². The number of ether oxygens (including phenoxy) is 1. The first-order chi connectivity index (χ1) is 12.8. The molecule has 2 aliphatic carbocycles. The zero-order chi connectivity index (χ0) is 17.6.